The number of aromatic nitrogens is 1. The fourth-order valence-corrected chi connectivity index (χ4v) is 3.98. The number of carboxylic acids is 1. The van der Waals surface area contributed by atoms with Crippen LogP contribution in [0.1, 0.15) is 61.3 Å². The first-order chi connectivity index (χ1) is 9.65. The van der Waals surface area contributed by atoms with Gasteiger partial charge in [-0.05, 0) is 31.6 Å². The van der Waals surface area contributed by atoms with Gasteiger partial charge in [-0.1, -0.05) is 38.0 Å². The normalized spacial score (nSPS) is 19.9. The molecule has 1 aliphatic heterocycles. The van der Waals surface area contributed by atoms with Crippen LogP contribution in [0.25, 0.3) is 0 Å². The molecule has 1 aromatic heterocycles. The van der Waals surface area contributed by atoms with E-state index in [-0.39, 0.29) is 0 Å². The number of nitrogens with zero attached hydrogens (tertiary/aromatic N) is 2. The van der Waals surface area contributed by atoms with Gasteiger partial charge in [-0.25, -0.2) is 9.78 Å². The van der Waals surface area contributed by atoms with Crippen LogP contribution >= 0.6 is 11.3 Å². The van der Waals surface area contributed by atoms with Gasteiger partial charge in [0.1, 0.15) is 4.88 Å². The van der Waals surface area contributed by atoms with E-state index >= 15 is 0 Å². The van der Waals surface area contributed by atoms with E-state index < -0.39 is 5.97 Å². The Labute approximate surface area is 124 Å². The largest absolute Gasteiger partial charge is 0.477 e. The molecule has 0 aliphatic carbocycles. The molecule has 2 heterocycles. The minimum Gasteiger partial charge on any atom is -0.477 e. The highest BCUT2D eigenvalue weighted by atomic mass is 32.1. The molecule has 1 saturated heterocycles. The quantitative estimate of drug-likeness (QED) is 0.897. The van der Waals surface area contributed by atoms with Crippen LogP contribution < -0.4 is 4.90 Å². The number of hydrogen-bond acceptors (Lipinski definition) is 4. The van der Waals surface area contributed by atoms with Crippen molar-refractivity contribution >= 4 is 22.4 Å². The van der Waals surface area contributed by atoms with Crippen molar-refractivity contribution in [2.75, 3.05) is 18.0 Å². The summed E-state index contributed by atoms with van der Waals surface area (Å²) in [6.45, 7) is 6.23. The van der Waals surface area contributed by atoms with E-state index in [1.165, 1.54) is 43.4 Å². The van der Waals surface area contributed by atoms with Crippen LogP contribution in [-0.4, -0.2) is 29.1 Å². The molecule has 0 spiro atoms. The lowest BCUT2D eigenvalue weighted by Crippen LogP contribution is -2.24. The molecule has 1 aromatic rings. The molecule has 20 heavy (non-hydrogen) atoms. The Kier molecular flexibility index (Phi) is 5.40. The predicted octanol–water partition coefficient (Wildman–Crippen LogP) is 3.81. The number of carboxylic acid groups (broad SMARTS) is 1. The Bertz CT molecular complexity index is 459. The van der Waals surface area contributed by atoms with Crippen LogP contribution in [0, 0.1) is 5.92 Å². The molecule has 5 heteroatoms. The summed E-state index contributed by atoms with van der Waals surface area (Å²) < 4.78 is 0. The second-order valence-corrected chi connectivity index (χ2v) is 6.48. The number of hydrogen-bond donors (Lipinski definition) is 1. The van der Waals surface area contributed by atoms with Crippen molar-refractivity contribution in [2.45, 2.75) is 52.4 Å². The molecule has 2 rings (SSSR count). The third kappa shape index (κ3) is 3.51. The lowest BCUT2D eigenvalue weighted by atomic mass is 9.96. The topological polar surface area (TPSA) is 53.4 Å². The Morgan fingerprint density at radius 1 is 1.40 bits per heavy atom. The molecule has 1 unspecified atom stereocenters. The molecule has 0 radical (unpaired) electrons. The summed E-state index contributed by atoms with van der Waals surface area (Å²) in [5, 5.41) is 10.1. The molecule has 0 amide bonds. The van der Waals surface area contributed by atoms with Crippen molar-refractivity contribution in [3.05, 3.63) is 10.6 Å². The first kappa shape index (κ1) is 15.3. The van der Waals surface area contributed by atoms with Crippen LogP contribution in [0.5, 0.6) is 0 Å². The van der Waals surface area contributed by atoms with Crippen LogP contribution in [0.2, 0.25) is 0 Å². The Morgan fingerprint density at radius 2 is 2.20 bits per heavy atom. The maximum absolute atomic E-state index is 11.2. The van der Waals surface area contributed by atoms with Gasteiger partial charge in [0.25, 0.3) is 0 Å². The third-order valence-corrected chi connectivity index (χ3v) is 5.18. The van der Waals surface area contributed by atoms with Crippen molar-refractivity contribution in [3.8, 4) is 0 Å². The highest BCUT2D eigenvalue weighted by Crippen LogP contribution is 2.30. The third-order valence-electron chi connectivity index (χ3n) is 4.03. The first-order valence-electron chi connectivity index (χ1n) is 7.63. The van der Waals surface area contributed by atoms with Gasteiger partial charge in [-0.15, -0.1) is 0 Å². The summed E-state index contributed by atoms with van der Waals surface area (Å²) in [5.41, 5.74) is 0.729. The molecule has 4 nitrogen and oxygen atoms in total. The van der Waals surface area contributed by atoms with Crippen molar-refractivity contribution in [1.82, 2.24) is 4.98 Å². The molecule has 0 saturated carbocycles. The predicted molar refractivity (Wildman–Crippen MR) is 82.9 cm³/mol. The zero-order chi connectivity index (χ0) is 14.5. The number of anilines is 1. The van der Waals surface area contributed by atoms with Crippen LogP contribution in [0.3, 0.4) is 0 Å². The van der Waals surface area contributed by atoms with Crippen LogP contribution in [0.15, 0.2) is 0 Å². The lowest BCUT2D eigenvalue weighted by molar-refractivity contribution is 0.0701. The Morgan fingerprint density at radius 3 is 2.80 bits per heavy atom. The average Bonchev–Trinajstić information content (AvgIpc) is 2.73. The SMILES string of the molecule is CCCC1CCCN(c2nc(CC)c(C(=O)O)s2)CC1. The fraction of sp³-hybridized carbons (Fsp3) is 0.733. The number of carbonyl (C=O) groups is 1. The minimum absolute atomic E-state index is 0.414. The number of rotatable bonds is 5. The maximum Gasteiger partial charge on any atom is 0.347 e. The Balaban J connectivity index is 2.09. The smallest absolute Gasteiger partial charge is 0.347 e. The van der Waals surface area contributed by atoms with Gasteiger partial charge in [0.15, 0.2) is 5.13 Å². The summed E-state index contributed by atoms with van der Waals surface area (Å²) in [4.78, 5) is 18.5. The second-order valence-electron chi connectivity index (χ2n) is 5.50. The van der Waals surface area contributed by atoms with Gasteiger partial charge in [0.2, 0.25) is 0 Å². The number of aryl methyl sites for hydroxylation is 1. The van der Waals surface area contributed by atoms with E-state index in [0.29, 0.717) is 11.3 Å². The van der Waals surface area contributed by atoms with Gasteiger partial charge >= 0.3 is 5.97 Å². The lowest BCUT2D eigenvalue weighted by Gasteiger charge is -2.19. The van der Waals surface area contributed by atoms with E-state index in [4.69, 9.17) is 0 Å². The zero-order valence-electron chi connectivity index (χ0n) is 12.4. The summed E-state index contributed by atoms with van der Waals surface area (Å²) in [5.74, 6) is -0.0150. The standard InChI is InChI=1S/C15H24N2O2S/c1-3-6-11-7-5-9-17(10-8-11)15-16-12(4-2)13(20-15)14(18)19/h11H,3-10H2,1-2H3,(H,18,19). The summed E-state index contributed by atoms with van der Waals surface area (Å²) in [6.07, 6.45) is 6.94. The molecule has 1 fully saturated rings. The molecule has 0 aromatic carbocycles. The van der Waals surface area contributed by atoms with E-state index in [1.54, 1.807) is 0 Å². The van der Waals surface area contributed by atoms with Crippen molar-refractivity contribution in [3.63, 3.8) is 0 Å². The second kappa shape index (κ2) is 7.07. The monoisotopic (exact) mass is 296 g/mol. The summed E-state index contributed by atoms with van der Waals surface area (Å²) in [6, 6.07) is 0. The maximum atomic E-state index is 11.2. The highest BCUT2D eigenvalue weighted by Gasteiger charge is 2.22. The molecule has 1 atom stereocenters. The molecule has 1 N–H and O–H groups in total. The van der Waals surface area contributed by atoms with E-state index in [2.05, 4.69) is 16.8 Å². The first-order valence-corrected chi connectivity index (χ1v) is 8.45. The molecular formula is C15H24N2O2S. The Hall–Kier alpha value is -1.10. The highest BCUT2D eigenvalue weighted by molar-refractivity contribution is 7.17. The van der Waals surface area contributed by atoms with Crippen LogP contribution in [-0.2, 0) is 6.42 Å². The van der Waals surface area contributed by atoms with Gasteiger partial charge in [-0.2, -0.15) is 0 Å². The summed E-state index contributed by atoms with van der Waals surface area (Å²) >= 11 is 1.34. The minimum atomic E-state index is -0.843. The molecular weight excluding hydrogens is 272 g/mol. The van der Waals surface area contributed by atoms with Gasteiger partial charge in [0.05, 0.1) is 5.69 Å². The van der Waals surface area contributed by atoms with Crippen molar-refractivity contribution in [1.29, 1.82) is 0 Å². The van der Waals surface area contributed by atoms with E-state index in [1.807, 2.05) is 6.92 Å². The van der Waals surface area contributed by atoms with Crippen molar-refractivity contribution < 1.29 is 9.90 Å². The van der Waals surface area contributed by atoms with Gasteiger partial charge in [0, 0.05) is 13.1 Å². The molecule has 0 bridgehead atoms. The molecule has 112 valence electrons. The van der Waals surface area contributed by atoms with E-state index in [0.717, 1.165) is 29.8 Å². The number of aromatic carboxylic acids is 1. The van der Waals surface area contributed by atoms with Crippen LogP contribution in [0.4, 0.5) is 5.13 Å². The number of thiazole rings is 1. The summed E-state index contributed by atoms with van der Waals surface area (Å²) in [7, 11) is 0. The zero-order valence-corrected chi connectivity index (χ0v) is 13.2. The molecule has 1 aliphatic rings. The fourth-order valence-electron chi connectivity index (χ4n) is 2.93. The van der Waals surface area contributed by atoms with E-state index in [9.17, 15) is 9.90 Å². The van der Waals surface area contributed by atoms with Gasteiger partial charge < -0.3 is 10.0 Å². The van der Waals surface area contributed by atoms with Crippen molar-refractivity contribution in [2.24, 2.45) is 5.92 Å². The average molecular weight is 296 g/mol. The van der Waals surface area contributed by atoms with Gasteiger partial charge in [-0.3, -0.25) is 0 Å².